The maximum atomic E-state index is 4.38. The highest BCUT2D eigenvalue weighted by Gasteiger charge is 2.58. The molecule has 2 heterocycles. The molecule has 6 atom stereocenters. The molecular weight excluding hydrogens is 292 g/mol. The average Bonchev–Trinajstić information content (AvgIpc) is 3.15. The standard InChI is InChI=1S/C22H30N2/c1-21-10-9-19-16(5-8-20-22(19,2)11-13-24-20)18(21)7-6-17(21)15-4-3-12-23-14-15/h3-4,6,12,14,16,18-20,24H,5,7-11,13H2,1-2H3/t16-,18-,19-,20?,21+,22+/m0/s1. The molecule has 1 N–H and O–H groups in total. The Morgan fingerprint density at radius 2 is 2.04 bits per heavy atom. The SMILES string of the molecule is C[C@]12CCNC1CC[C@@H]1[C@@H]2CC[C@]2(C)C(c3cccnc3)=CC[C@@H]12. The van der Waals surface area contributed by atoms with Crippen molar-refractivity contribution in [1.29, 1.82) is 0 Å². The van der Waals surface area contributed by atoms with E-state index in [4.69, 9.17) is 0 Å². The first kappa shape index (κ1) is 15.1. The molecule has 0 amide bonds. The van der Waals surface area contributed by atoms with E-state index in [1.807, 2.05) is 6.20 Å². The zero-order valence-electron chi connectivity index (χ0n) is 15.1. The van der Waals surface area contributed by atoms with Gasteiger partial charge in [-0.1, -0.05) is 26.0 Å². The zero-order valence-corrected chi connectivity index (χ0v) is 15.1. The summed E-state index contributed by atoms with van der Waals surface area (Å²) in [4.78, 5) is 4.38. The van der Waals surface area contributed by atoms with Gasteiger partial charge in [0.2, 0.25) is 0 Å². The smallest absolute Gasteiger partial charge is 0.0343 e. The van der Waals surface area contributed by atoms with E-state index < -0.39 is 0 Å². The van der Waals surface area contributed by atoms with Crippen LogP contribution in [0, 0.1) is 28.6 Å². The van der Waals surface area contributed by atoms with E-state index in [2.05, 4.69) is 48.6 Å². The van der Waals surface area contributed by atoms with E-state index in [1.54, 1.807) is 5.57 Å². The van der Waals surface area contributed by atoms with Gasteiger partial charge in [-0.25, -0.2) is 0 Å². The number of aromatic nitrogens is 1. The van der Waals surface area contributed by atoms with Crippen LogP contribution in [0.15, 0.2) is 30.6 Å². The van der Waals surface area contributed by atoms with Crippen LogP contribution in [-0.4, -0.2) is 17.6 Å². The third kappa shape index (κ3) is 1.89. The summed E-state index contributed by atoms with van der Waals surface area (Å²) < 4.78 is 0. The topological polar surface area (TPSA) is 24.9 Å². The quantitative estimate of drug-likeness (QED) is 0.812. The minimum Gasteiger partial charge on any atom is -0.313 e. The molecule has 0 radical (unpaired) electrons. The molecule has 3 aliphatic carbocycles. The van der Waals surface area contributed by atoms with Crippen LogP contribution in [0.25, 0.3) is 5.57 Å². The summed E-state index contributed by atoms with van der Waals surface area (Å²) in [5.74, 6) is 2.71. The van der Waals surface area contributed by atoms with Crippen LogP contribution in [0.5, 0.6) is 0 Å². The second-order valence-electron chi connectivity index (χ2n) is 9.27. The Morgan fingerprint density at radius 3 is 2.88 bits per heavy atom. The van der Waals surface area contributed by atoms with Crippen molar-refractivity contribution in [3.63, 3.8) is 0 Å². The van der Waals surface area contributed by atoms with Crippen LogP contribution in [0.3, 0.4) is 0 Å². The van der Waals surface area contributed by atoms with Gasteiger partial charge in [0, 0.05) is 18.4 Å². The fraction of sp³-hybridized carbons (Fsp3) is 0.682. The largest absolute Gasteiger partial charge is 0.313 e. The molecular formula is C22H30N2. The van der Waals surface area contributed by atoms with E-state index in [1.165, 1.54) is 50.6 Å². The number of hydrogen-bond donors (Lipinski definition) is 1. The molecule has 2 heteroatoms. The Labute approximate surface area is 146 Å². The van der Waals surface area contributed by atoms with E-state index in [0.29, 0.717) is 10.8 Å². The predicted molar refractivity (Wildman–Crippen MR) is 98.4 cm³/mol. The van der Waals surface area contributed by atoms with Gasteiger partial charge in [0.15, 0.2) is 0 Å². The highest BCUT2D eigenvalue weighted by molar-refractivity contribution is 5.72. The molecule has 128 valence electrons. The number of hydrogen-bond acceptors (Lipinski definition) is 2. The predicted octanol–water partition coefficient (Wildman–Crippen LogP) is 4.68. The summed E-state index contributed by atoms with van der Waals surface area (Å²) in [6.45, 7) is 6.40. The lowest BCUT2D eigenvalue weighted by Crippen LogP contribution is -2.53. The van der Waals surface area contributed by atoms with Crippen molar-refractivity contribution in [2.75, 3.05) is 6.54 Å². The van der Waals surface area contributed by atoms with Crippen molar-refractivity contribution < 1.29 is 0 Å². The number of nitrogens with one attached hydrogen (secondary N) is 1. The highest BCUT2D eigenvalue weighted by Crippen LogP contribution is 2.65. The van der Waals surface area contributed by atoms with Crippen molar-refractivity contribution in [1.82, 2.24) is 10.3 Å². The van der Waals surface area contributed by atoms with Gasteiger partial charge in [-0.3, -0.25) is 4.98 Å². The molecule has 5 rings (SSSR count). The van der Waals surface area contributed by atoms with Crippen LogP contribution >= 0.6 is 0 Å². The fourth-order valence-electron chi connectivity index (χ4n) is 7.20. The molecule has 3 fully saturated rings. The minimum atomic E-state index is 0.374. The first-order valence-electron chi connectivity index (χ1n) is 9.97. The zero-order chi connectivity index (χ0) is 16.4. The lowest BCUT2D eigenvalue weighted by Gasteiger charge is -2.57. The molecule has 1 aromatic rings. The van der Waals surface area contributed by atoms with Gasteiger partial charge in [-0.05, 0) is 90.9 Å². The fourth-order valence-corrected chi connectivity index (χ4v) is 7.20. The van der Waals surface area contributed by atoms with Gasteiger partial charge in [0.05, 0.1) is 0 Å². The maximum Gasteiger partial charge on any atom is 0.0343 e. The van der Waals surface area contributed by atoms with Crippen LogP contribution in [0.1, 0.15) is 57.9 Å². The summed E-state index contributed by atoms with van der Waals surface area (Å²) in [6, 6.07) is 5.14. The number of allylic oxidation sites excluding steroid dienone is 2. The summed E-state index contributed by atoms with van der Waals surface area (Å²) in [6.07, 6.45) is 14.8. The van der Waals surface area contributed by atoms with Crippen molar-refractivity contribution >= 4 is 5.57 Å². The molecule has 24 heavy (non-hydrogen) atoms. The second kappa shape index (κ2) is 5.17. The Balaban J connectivity index is 1.48. The minimum absolute atomic E-state index is 0.374. The Morgan fingerprint density at radius 1 is 1.12 bits per heavy atom. The van der Waals surface area contributed by atoms with Crippen molar-refractivity contribution in [3.05, 3.63) is 36.2 Å². The molecule has 1 saturated heterocycles. The lowest BCUT2D eigenvalue weighted by molar-refractivity contribution is -0.0472. The lowest BCUT2D eigenvalue weighted by atomic mass is 9.48. The maximum absolute atomic E-state index is 4.38. The van der Waals surface area contributed by atoms with Crippen molar-refractivity contribution in [2.45, 2.75) is 58.4 Å². The molecule has 0 bridgehead atoms. The molecule has 4 aliphatic rings. The van der Waals surface area contributed by atoms with Gasteiger partial charge in [0.1, 0.15) is 0 Å². The van der Waals surface area contributed by atoms with E-state index >= 15 is 0 Å². The van der Waals surface area contributed by atoms with Crippen LogP contribution in [0.4, 0.5) is 0 Å². The van der Waals surface area contributed by atoms with Crippen LogP contribution < -0.4 is 5.32 Å². The molecule has 1 aliphatic heterocycles. The number of rotatable bonds is 1. The summed E-state index contributed by atoms with van der Waals surface area (Å²) in [5.41, 5.74) is 3.89. The number of nitrogens with zero attached hydrogens (tertiary/aromatic N) is 1. The summed E-state index contributed by atoms with van der Waals surface area (Å²) in [5, 5.41) is 3.81. The normalized spacial score (nSPS) is 46.8. The first-order valence-corrected chi connectivity index (χ1v) is 9.97. The molecule has 1 aromatic heterocycles. The molecule has 2 nitrogen and oxygen atoms in total. The van der Waals surface area contributed by atoms with Gasteiger partial charge in [-0.15, -0.1) is 0 Å². The third-order valence-corrected chi connectivity index (χ3v) is 8.48. The Bertz CT molecular complexity index is 666. The van der Waals surface area contributed by atoms with Gasteiger partial charge in [0.25, 0.3) is 0 Å². The van der Waals surface area contributed by atoms with E-state index in [-0.39, 0.29) is 0 Å². The van der Waals surface area contributed by atoms with E-state index in [0.717, 1.165) is 23.8 Å². The second-order valence-corrected chi connectivity index (χ2v) is 9.27. The molecule has 0 spiro atoms. The van der Waals surface area contributed by atoms with Crippen molar-refractivity contribution in [2.24, 2.45) is 28.6 Å². The Hall–Kier alpha value is -1.15. The molecule has 0 aromatic carbocycles. The Kier molecular flexibility index (Phi) is 3.26. The first-order chi connectivity index (χ1) is 11.6. The van der Waals surface area contributed by atoms with Gasteiger partial charge >= 0.3 is 0 Å². The van der Waals surface area contributed by atoms with Gasteiger partial charge < -0.3 is 5.32 Å². The number of fused-ring (bicyclic) bond motifs is 5. The van der Waals surface area contributed by atoms with Crippen LogP contribution in [-0.2, 0) is 0 Å². The monoisotopic (exact) mass is 322 g/mol. The summed E-state index contributed by atoms with van der Waals surface area (Å²) in [7, 11) is 0. The van der Waals surface area contributed by atoms with Gasteiger partial charge in [-0.2, -0.15) is 0 Å². The molecule has 1 unspecified atom stereocenters. The van der Waals surface area contributed by atoms with Crippen LogP contribution in [0.2, 0.25) is 0 Å². The van der Waals surface area contributed by atoms with E-state index in [9.17, 15) is 0 Å². The number of pyridine rings is 1. The average molecular weight is 322 g/mol. The molecule has 2 saturated carbocycles. The van der Waals surface area contributed by atoms with Crippen molar-refractivity contribution in [3.8, 4) is 0 Å². The summed E-state index contributed by atoms with van der Waals surface area (Å²) >= 11 is 0. The highest BCUT2D eigenvalue weighted by atomic mass is 15.0. The third-order valence-electron chi connectivity index (χ3n) is 8.48.